The van der Waals surface area contributed by atoms with E-state index in [0.717, 1.165) is 83.5 Å². The van der Waals surface area contributed by atoms with Gasteiger partial charge in [0.05, 0.1) is 25.4 Å². The first-order valence-electron chi connectivity index (χ1n) is 29.4. The Hall–Kier alpha value is -3.16. The Morgan fingerprint density at radius 3 is 1.47 bits per heavy atom. The van der Waals surface area contributed by atoms with Crippen molar-refractivity contribution in [2.75, 3.05) is 13.2 Å². The fraction of sp³-hybridized carbons (Fsp3) is 0.742. The molecular formula is C62H107NO10. The zero-order valence-corrected chi connectivity index (χ0v) is 46.2. The van der Waals surface area contributed by atoms with Crippen LogP contribution in [0.2, 0.25) is 0 Å². The lowest BCUT2D eigenvalue weighted by Crippen LogP contribution is -2.61. The zero-order chi connectivity index (χ0) is 53.3. The number of aliphatic hydroxyl groups is 5. The Bertz CT molecular complexity index is 1510. The highest BCUT2D eigenvalue weighted by molar-refractivity contribution is 5.80. The second kappa shape index (κ2) is 49.7. The monoisotopic (exact) mass is 1030 g/mol. The number of amides is 1. The molecular weight excluding hydrogens is 919 g/mol. The van der Waals surface area contributed by atoms with E-state index < -0.39 is 67.4 Å². The van der Waals surface area contributed by atoms with Gasteiger partial charge in [-0.25, -0.2) is 0 Å². The number of carbonyl (C=O) groups excluding carboxylic acids is 2. The van der Waals surface area contributed by atoms with E-state index in [2.05, 4.69) is 92.9 Å². The summed E-state index contributed by atoms with van der Waals surface area (Å²) in [5, 5.41) is 56.8. The molecule has 420 valence electrons. The third kappa shape index (κ3) is 38.1. The number of hydrogen-bond acceptors (Lipinski definition) is 10. The van der Waals surface area contributed by atoms with Gasteiger partial charge < -0.3 is 45.1 Å². The van der Waals surface area contributed by atoms with Gasteiger partial charge in [-0.2, -0.15) is 0 Å². The number of hydrogen-bond donors (Lipinski definition) is 6. The summed E-state index contributed by atoms with van der Waals surface area (Å²) in [6.07, 6.45) is 53.4. The smallest absolute Gasteiger partial charge is 0.306 e. The largest absolute Gasteiger partial charge is 0.454 e. The van der Waals surface area contributed by atoms with Gasteiger partial charge in [-0.1, -0.05) is 234 Å². The van der Waals surface area contributed by atoms with E-state index >= 15 is 0 Å². The topological polar surface area (TPSA) is 175 Å². The van der Waals surface area contributed by atoms with Gasteiger partial charge in [-0.3, -0.25) is 9.59 Å². The van der Waals surface area contributed by atoms with Gasteiger partial charge in [0.2, 0.25) is 5.91 Å². The molecule has 1 amide bonds. The van der Waals surface area contributed by atoms with Gasteiger partial charge in [0.25, 0.3) is 0 Å². The molecule has 1 aliphatic rings. The van der Waals surface area contributed by atoms with Crippen LogP contribution in [-0.2, 0) is 23.8 Å². The minimum Gasteiger partial charge on any atom is -0.454 e. The fourth-order valence-corrected chi connectivity index (χ4v) is 8.66. The maximum atomic E-state index is 13.4. The number of nitrogens with one attached hydrogen (secondary N) is 1. The Labute approximate surface area is 444 Å². The van der Waals surface area contributed by atoms with Gasteiger partial charge in [-0.15, -0.1) is 0 Å². The normalized spacial score (nSPS) is 20.0. The maximum Gasteiger partial charge on any atom is 0.306 e. The van der Waals surface area contributed by atoms with Crippen LogP contribution in [-0.4, -0.2) is 99.6 Å². The summed E-state index contributed by atoms with van der Waals surface area (Å²) in [5.41, 5.74) is 0. The molecule has 1 saturated heterocycles. The molecule has 1 aliphatic heterocycles. The van der Waals surface area contributed by atoms with Crippen LogP contribution in [0.4, 0.5) is 0 Å². The van der Waals surface area contributed by atoms with Crippen molar-refractivity contribution >= 4 is 11.9 Å². The van der Waals surface area contributed by atoms with Crippen molar-refractivity contribution in [3.63, 3.8) is 0 Å². The summed E-state index contributed by atoms with van der Waals surface area (Å²) in [6, 6.07) is -1.05. The predicted molar refractivity (Wildman–Crippen MR) is 301 cm³/mol. The zero-order valence-electron chi connectivity index (χ0n) is 46.2. The van der Waals surface area contributed by atoms with Crippen molar-refractivity contribution in [3.8, 4) is 0 Å². The van der Waals surface area contributed by atoms with Crippen molar-refractivity contribution in [1.29, 1.82) is 0 Å². The molecule has 1 fully saturated rings. The lowest BCUT2D eigenvalue weighted by molar-refractivity contribution is -0.305. The maximum absolute atomic E-state index is 13.4. The summed E-state index contributed by atoms with van der Waals surface area (Å²) >= 11 is 0. The second-order valence-corrected chi connectivity index (χ2v) is 20.0. The minimum absolute atomic E-state index is 0.117. The molecule has 73 heavy (non-hydrogen) atoms. The molecule has 0 spiro atoms. The van der Waals surface area contributed by atoms with Crippen LogP contribution in [0.5, 0.6) is 0 Å². The van der Waals surface area contributed by atoms with Crippen LogP contribution >= 0.6 is 0 Å². The van der Waals surface area contributed by atoms with Gasteiger partial charge in [0, 0.05) is 6.42 Å². The van der Waals surface area contributed by atoms with Crippen LogP contribution in [0.25, 0.3) is 0 Å². The Balaban J connectivity index is 2.74. The van der Waals surface area contributed by atoms with Gasteiger partial charge in [-0.05, 0) is 77.0 Å². The van der Waals surface area contributed by atoms with Crippen LogP contribution in [0.15, 0.2) is 85.1 Å². The quantitative estimate of drug-likeness (QED) is 0.0195. The molecule has 0 saturated carbocycles. The van der Waals surface area contributed by atoms with Crippen LogP contribution in [0, 0.1) is 0 Å². The lowest BCUT2D eigenvalue weighted by Gasteiger charge is -2.41. The van der Waals surface area contributed by atoms with Crippen LogP contribution in [0.1, 0.15) is 233 Å². The molecule has 11 heteroatoms. The third-order valence-electron chi connectivity index (χ3n) is 13.3. The number of rotatable bonds is 48. The summed E-state index contributed by atoms with van der Waals surface area (Å²) < 4.78 is 17.5. The number of carbonyl (C=O) groups is 2. The predicted octanol–water partition coefficient (Wildman–Crippen LogP) is 13.4. The van der Waals surface area contributed by atoms with Crippen LogP contribution < -0.4 is 5.32 Å². The van der Waals surface area contributed by atoms with Gasteiger partial charge in [0.1, 0.15) is 24.4 Å². The number of esters is 1. The lowest BCUT2D eigenvalue weighted by atomic mass is 9.99. The molecule has 0 aromatic rings. The molecule has 0 radical (unpaired) electrons. The number of aliphatic hydroxyl groups excluding tert-OH is 5. The Kier molecular flexibility index (Phi) is 46.2. The molecule has 6 N–H and O–H groups in total. The van der Waals surface area contributed by atoms with Crippen molar-refractivity contribution in [3.05, 3.63) is 85.1 Å². The second-order valence-electron chi connectivity index (χ2n) is 20.0. The van der Waals surface area contributed by atoms with E-state index in [1.165, 1.54) is 96.3 Å². The van der Waals surface area contributed by atoms with E-state index in [4.69, 9.17) is 14.2 Å². The fourth-order valence-electron chi connectivity index (χ4n) is 8.66. The molecule has 11 nitrogen and oxygen atoms in total. The molecule has 0 aliphatic carbocycles. The summed E-state index contributed by atoms with van der Waals surface area (Å²) in [5.74, 6) is -1.24. The third-order valence-corrected chi connectivity index (χ3v) is 13.3. The van der Waals surface area contributed by atoms with Crippen molar-refractivity contribution < 1.29 is 49.3 Å². The highest BCUT2D eigenvalue weighted by atomic mass is 16.7. The summed E-state index contributed by atoms with van der Waals surface area (Å²) in [4.78, 5) is 26.4. The molecule has 8 atom stereocenters. The van der Waals surface area contributed by atoms with E-state index in [9.17, 15) is 35.1 Å². The molecule has 1 heterocycles. The average molecular weight is 1030 g/mol. The number of unbranched alkanes of at least 4 members (excludes halogenated alkanes) is 22. The molecule has 0 aromatic heterocycles. The minimum atomic E-state index is -1.62. The highest BCUT2D eigenvalue weighted by Crippen LogP contribution is 2.26. The van der Waals surface area contributed by atoms with E-state index in [0.29, 0.717) is 19.3 Å². The van der Waals surface area contributed by atoms with E-state index in [-0.39, 0.29) is 19.4 Å². The SMILES string of the molecule is CC/C=C\C/C=C\C/C=C\C/C=C\C/C=C\C/C=C\CCCC(O)C(=O)NC(COC1OC(CO)C(O)C(O)C1OC(=O)CCCCCCCCCCCCCCC)C(O)/C=C/CCCCCCCCCCC. The highest BCUT2D eigenvalue weighted by Gasteiger charge is 2.47. The first kappa shape index (κ1) is 67.9. The van der Waals surface area contributed by atoms with Gasteiger partial charge >= 0.3 is 5.97 Å². The van der Waals surface area contributed by atoms with E-state index in [1.54, 1.807) is 6.08 Å². The molecule has 0 bridgehead atoms. The average Bonchev–Trinajstić information content (AvgIpc) is 3.39. The Morgan fingerprint density at radius 2 is 0.986 bits per heavy atom. The number of ether oxygens (including phenoxy) is 3. The first-order chi connectivity index (χ1) is 35.7. The van der Waals surface area contributed by atoms with Crippen molar-refractivity contribution in [2.45, 2.75) is 282 Å². The molecule has 1 rings (SSSR count). The summed E-state index contributed by atoms with van der Waals surface area (Å²) in [7, 11) is 0. The van der Waals surface area contributed by atoms with Gasteiger partial charge in [0.15, 0.2) is 12.4 Å². The standard InChI is InChI=1S/C62H107NO10/c1-4-7-10-13-16-19-22-24-25-26-27-28-29-30-32-34-37-40-43-46-49-55(66)61(70)63-53(54(65)48-45-42-39-36-33-21-18-15-12-9-6-3)52-71-62-60(59(69)58(68)56(51-64)72-62)73-57(67)50-47-44-41-38-35-31-23-20-17-14-11-8-5-2/h7,10,16,19,24-25,27-28,30,32,37,40,45,48,53-56,58-60,62,64-66,68-69H,4-6,8-9,11-15,17-18,20-23,26,29,31,33-36,38-39,41-44,46-47,49-52H2,1-3H3,(H,63,70)/b10-7-,19-16-,25-24-,28-27-,32-30-,40-37-,48-45+. The summed E-state index contributed by atoms with van der Waals surface area (Å²) in [6.45, 7) is 5.62. The first-order valence-corrected chi connectivity index (χ1v) is 29.4. The van der Waals surface area contributed by atoms with Crippen molar-refractivity contribution in [2.24, 2.45) is 0 Å². The Morgan fingerprint density at radius 1 is 0.548 bits per heavy atom. The van der Waals surface area contributed by atoms with E-state index in [1.807, 2.05) is 12.2 Å². The molecule has 0 aromatic carbocycles. The van der Waals surface area contributed by atoms with Crippen molar-refractivity contribution in [1.82, 2.24) is 5.32 Å². The number of allylic oxidation sites excluding steroid dienone is 13. The molecule has 8 unspecified atom stereocenters. The van der Waals surface area contributed by atoms with Crippen LogP contribution in [0.3, 0.4) is 0 Å².